The maximum atomic E-state index is 10.9. The zero-order chi connectivity index (χ0) is 14.3. The van der Waals surface area contributed by atoms with Crippen LogP contribution in [0.15, 0.2) is 24.3 Å². The number of nitrogens with zero attached hydrogens (tertiary/aromatic N) is 3. The van der Waals surface area contributed by atoms with Gasteiger partial charge in [-0.25, -0.2) is 9.78 Å². The molecule has 6 nitrogen and oxygen atoms in total. The first kappa shape index (κ1) is 12.3. The number of fused-ring (bicyclic) bond motifs is 1. The van der Waals surface area contributed by atoms with Crippen LogP contribution in [0.2, 0.25) is 0 Å². The molecule has 0 unspecified atom stereocenters. The van der Waals surface area contributed by atoms with Crippen LogP contribution in [0, 0.1) is 13.8 Å². The van der Waals surface area contributed by atoms with Crippen molar-refractivity contribution in [1.82, 2.24) is 20.2 Å². The second-order valence-corrected chi connectivity index (χ2v) is 4.62. The molecule has 2 aromatic heterocycles. The Bertz CT molecular complexity index is 823. The lowest BCUT2D eigenvalue weighted by Gasteiger charge is -2.03. The highest BCUT2D eigenvalue weighted by Gasteiger charge is 2.12. The van der Waals surface area contributed by atoms with Crippen LogP contribution < -0.4 is 0 Å². The van der Waals surface area contributed by atoms with E-state index in [1.54, 1.807) is 13.0 Å². The molecule has 0 atom stereocenters. The summed E-state index contributed by atoms with van der Waals surface area (Å²) in [5.41, 5.74) is 3.88. The van der Waals surface area contributed by atoms with Gasteiger partial charge in [0.1, 0.15) is 5.82 Å². The summed E-state index contributed by atoms with van der Waals surface area (Å²) in [5, 5.41) is 16.7. The lowest BCUT2D eigenvalue weighted by molar-refractivity contribution is 0.0688. The number of aromatic amines is 1. The average molecular weight is 268 g/mol. The van der Waals surface area contributed by atoms with Gasteiger partial charge in [0.05, 0.1) is 16.7 Å². The summed E-state index contributed by atoms with van der Waals surface area (Å²) < 4.78 is 0. The zero-order valence-corrected chi connectivity index (χ0v) is 11.0. The van der Waals surface area contributed by atoms with E-state index in [0.29, 0.717) is 11.3 Å². The van der Waals surface area contributed by atoms with Crippen molar-refractivity contribution in [1.29, 1.82) is 0 Å². The number of carbonyl (C=O) groups is 1. The van der Waals surface area contributed by atoms with Gasteiger partial charge in [-0.1, -0.05) is 6.07 Å². The van der Waals surface area contributed by atoms with Crippen LogP contribution in [-0.4, -0.2) is 31.2 Å². The normalized spacial score (nSPS) is 10.9. The molecule has 100 valence electrons. The van der Waals surface area contributed by atoms with E-state index in [-0.39, 0.29) is 5.69 Å². The van der Waals surface area contributed by atoms with Crippen LogP contribution in [0.1, 0.15) is 21.9 Å². The summed E-state index contributed by atoms with van der Waals surface area (Å²) in [7, 11) is 0. The van der Waals surface area contributed by atoms with Crippen LogP contribution >= 0.6 is 0 Å². The van der Waals surface area contributed by atoms with Crippen molar-refractivity contribution < 1.29 is 9.90 Å². The first-order valence-corrected chi connectivity index (χ1v) is 6.09. The van der Waals surface area contributed by atoms with E-state index in [2.05, 4.69) is 20.2 Å². The SMILES string of the molecule is Cc1nc2ccc(-c3cc(C)c(C(=O)O)nn3)cc2[nH]1. The fraction of sp³-hybridized carbons (Fsp3) is 0.143. The minimum Gasteiger partial charge on any atom is -0.476 e. The van der Waals surface area contributed by atoms with Gasteiger partial charge in [-0.15, -0.1) is 10.2 Å². The highest BCUT2D eigenvalue weighted by Crippen LogP contribution is 2.22. The van der Waals surface area contributed by atoms with Crippen molar-refractivity contribution in [3.63, 3.8) is 0 Å². The molecule has 6 heteroatoms. The molecule has 0 spiro atoms. The van der Waals surface area contributed by atoms with Crippen LogP contribution in [0.5, 0.6) is 0 Å². The molecule has 0 saturated heterocycles. The molecule has 0 radical (unpaired) electrons. The molecule has 2 heterocycles. The summed E-state index contributed by atoms with van der Waals surface area (Å²) >= 11 is 0. The van der Waals surface area contributed by atoms with E-state index in [9.17, 15) is 4.79 Å². The van der Waals surface area contributed by atoms with Gasteiger partial charge in [-0.05, 0) is 37.6 Å². The van der Waals surface area contributed by atoms with E-state index >= 15 is 0 Å². The van der Waals surface area contributed by atoms with Crippen LogP contribution in [-0.2, 0) is 0 Å². The summed E-state index contributed by atoms with van der Waals surface area (Å²) in [6, 6.07) is 7.45. The number of benzene rings is 1. The molecule has 0 bridgehead atoms. The summed E-state index contributed by atoms with van der Waals surface area (Å²) in [6.45, 7) is 3.60. The monoisotopic (exact) mass is 268 g/mol. The number of aryl methyl sites for hydroxylation is 2. The van der Waals surface area contributed by atoms with E-state index in [1.165, 1.54) is 0 Å². The van der Waals surface area contributed by atoms with Gasteiger partial charge in [0, 0.05) is 5.56 Å². The number of imidazole rings is 1. The molecule has 3 rings (SSSR count). The first-order valence-electron chi connectivity index (χ1n) is 6.09. The molecule has 0 amide bonds. The lowest BCUT2D eigenvalue weighted by atomic mass is 10.1. The molecule has 1 aromatic carbocycles. The van der Waals surface area contributed by atoms with E-state index in [0.717, 1.165) is 22.4 Å². The van der Waals surface area contributed by atoms with Crippen molar-refractivity contribution in [2.45, 2.75) is 13.8 Å². The zero-order valence-electron chi connectivity index (χ0n) is 11.0. The Morgan fingerprint density at radius 1 is 1.20 bits per heavy atom. The smallest absolute Gasteiger partial charge is 0.356 e. The summed E-state index contributed by atoms with van der Waals surface area (Å²) in [4.78, 5) is 18.4. The number of H-pyrrole nitrogens is 1. The highest BCUT2D eigenvalue weighted by atomic mass is 16.4. The number of aromatic carboxylic acids is 1. The number of rotatable bonds is 2. The molecule has 0 saturated carbocycles. The number of hydrogen-bond acceptors (Lipinski definition) is 4. The molecule has 0 fully saturated rings. The molecular weight excluding hydrogens is 256 g/mol. The first-order chi connectivity index (χ1) is 9.54. The predicted molar refractivity (Wildman–Crippen MR) is 73.6 cm³/mol. The second kappa shape index (κ2) is 4.41. The third-order valence-corrected chi connectivity index (χ3v) is 3.08. The van der Waals surface area contributed by atoms with Crippen molar-refractivity contribution >= 4 is 17.0 Å². The molecule has 2 N–H and O–H groups in total. The largest absolute Gasteiger partial charge is 0.476 e. The van der Waals surface area contributed by atoms with Gasteiger partial charge in [-0.3, -0.25) is 0 Å². The number of carboxylic acid groups (broad SMARTS) is 1. The molecule has 3 aromatic rings. The third kappa shape index (κ3) is 2.01. The third-order valence-electron chi connectivity index (χ3n) is 3.08. The Labute approximate surface area is 114 Å². The maximum absolute atomic E-state index is 10.9. The molecule has 20 heavy (non-hydrogen) atoms. The number of carboxylic acids is 1. The Morgan fingerprint density at radius 2 is 2.00 bits per heavy atom. The van der Waals surface area contributed by atoms with Gasteiger partial charge >= 0.3 is 5.97 Å². The molecule has 0 aliphatic heterocycles. The van der Waals surface area contributed by atoms with Crippen molar-refractivity contribution in [3.05, 3.63) is 41.3 Å². The fourth-order valence-corrected chi connectivity index (χ4v) is 2.13. The van der Waals surface area contributed by atoms with Crippen LogP contribution in [0.25, 0.3) is 22.3 Å². The van der Waals surface area contributed by atoms with E-state index < -0.39 is 5.97 Å². The minimum absolute atomic E-state index is 0.0211. The standard InChI is InChI=1S/C14H12N4O2/c1-7-5-11(17-18-13(7)14(19)20)9-3-4-10-12(6-9)16-8(2)15-10/h3-6H,1-2H3,(H,15,16)(H,19,20). The Kier molecular flexibility index (Phi) is 2.71. The fourth-order valence-electron chi connectivity index (χ4n) is 2.13. The minimum atomic E-state index is -1.07. The Hall–Kier alpha value is -2.76. The van der Waals surface area contributed by atoms with Crippen molar-refractivity contribution in [2.24, 2.45) is 0 Å². The number of nitrogens with one attached hydrogen (secondary N) is 1. The quantitative estimate of drug-likeness (QED) is 0.744. The van der Waals surface area contributed by atoms with Gasteiger partial charge in [0.15, 0.2) is 5.69 Å². The Morgan fingerprint density at radius 3 is 2.70 bits per heavy atom. The molecular formula is C14H12N4O2. The van der Waals surface area contributed by atoms with Gasteiger partial charge in [-0.2, -0.15) is 0 Å². The van der Waals surface area contributed by atoms with Gasteiger partial charge in [0.2, 0.25) is 0 Å². The van der Waals surface area contributed by atoms with Gasteiger partial charge < -0.3 is 10.1 Å². The van der Waals surface area contributed by atoms with Crippen molar-refractivity contribution in [3.8, 4) is 11.3 Å². The summed E-state index contributed by atoms with van der Waals surface area (Å²) in [5.74, 6) is -0.221. The van der Waals surface area contributed by atoms with Crippen LogP contribution in [0.3, 0.4) is 0 Å². The lowest BCUT2D eigenvalue weighted by Crippen LogP contribution is -2.05. The van der Waals surface area contributed by atoms with Crippen LogP contribution in [0.4, 0.5) is 0 Å². The number of aromatic nitrogens is 4. The number of hydrogen-bond donors (Lipinski definition) is 2. The van der Waals surface area contributed by atoms with E-state index in [4.69, 9.17) is 5.11 Å². The predicted octanol–water partition coefficient (Wildman–Crippen LogP) is 2.33. The van der Waals surface area contributed by atoms with Crippen molar-refractivity contribution in [2.75, 3.05) is 0 Å². The summed E-state index contributed by atoms with van der Waals surface area (Å²) in [6.07, 6.45) is 0. The second-order valence-electron chi connectivity index (χ2n) is 4.62. The molecule has 0 aliphatic carbocycles. The topological polar surface area (TPSA) is 91.8 Å². The Balaban J connectivity index is 2.10. The highest BCUT2D eigenvalue weighted by molar-refractivity contribution is 5.87. The average Bonchev–Trinajstić information content (AvgIpc) is 2.77. The van der Waals surface area contributed by atoms with E-state index in [1.807, 2.05) is 25.1 Å². The van der Waals surface area contributed by atoms with Gasteiger partial charge in [0.25, 0.3) is 0 Å². The molecule has 0 aliphatic rings. The maximum Gasteiger partial charge on any atom is 0.356 e.